The van der Waals surface area contributed by atoms with Crippen LogP contribution in [0.1, 0.15) is 47.9 Å². The van der Waals surface area contributed by atoms with E-state index >= 15 is 0 Å². The highest BCUT2D eigenvalue weighted by Gasteiger charge is 2.33. The summed E-state index contributed by atoms with van der Waals surface area (Å²) in [5.74, 6) is 1.15. The van der Waals surface area contributed by atoms with Gasteiger partial charge >= 0.3 is 0 Å². The predicted molar refractivity (Wildman–Crippen MR) is 101 cm³/mol. The first-order chi connectivity index (χ1) is 12.8. The summed E-state index contributed by atoms with van der Waals surface area (Å²) in [4.78, 5) is 24.0. The van der Waals surface area contributed by atoms with E-state index in [1.54, 1.807) is 18.5 Å². The van der Waals surface area contributed by atoms with Crippen LogP contribution in [0.2, 0.25) is 0 Å². The van der Waals surface area contributed by atoms with Gasteiger partial charge in [-0.1, -0.05) is 12.1 Å². The van der Waals surface area contributed by atoms with Gasteiger partial charge in [-0.2, -0.15) is 0 Å². The van der Waals surface area contributed by atoms with Gasteiger partial charge in [0.2, 0.25) is 0 Å². The van der Waals surface area contributed by atoms with Crippen molar-refractivity contribution in [1.82, 2.24) is 20.2 Å². The Balaban J connectivity index is 1.51. The van der Waals surface area contributed by atoms with Gasteiger partial charge in [-0.15, -0.1) is 0 Å². The zero-order valence-electron chi connectivity index (χ0n) is 15.1. The molecular weight excluding hydrogens is 324 g/mol. The van der Waals surface area contributed by atoms with E-state index in [0.717, 1.165) is 24.6 Å². The quantitative estimate of drug-likeness (QED) is 0.870. The molecule has 2 aromatic heterocycles. The average molecular weight is 350 g/mol. The molecule has 0 aromatic carbocycles. The lowest BCUT2D eigenvalue weighted by Gasteiger charge is -2.37. The molecule has 136 valence electrons. The van der Waals surface area contributed by atoms with Crippen molar-refractivity contribution in [1.29, 1.82) is 0 Å². The molecule has 1 aliphatic heterocycles. The number of carbonyl (C=O) groups excluding carboxylic acids is 1. The summed E-state index contributed by atoms with van der Waals surface area (Å²) >= 11 is 0. The number of carbonyl (C=O) groups is 1. The average Bonchev–Trinajstić information content (AvgIpc) is 3.51. The van der Waals surface area contributed by atoms with Crippen molar-refractivity contribution in [2.24, 2.45) is 11.8 Å². The number of aromatic nitrogens is 2. The number of amides is 1. The van der Waals surface area contributed by atoms with Gasteiger partial charge in [0.05, 0.1) is 11.7 Å². The van der Waals surface area contributed by atoms with Crippen LogP contribution in [0.15, 0.2) is 48.8 Å². The number of likely N-dealkylation sites (tertiary alicyclic amines) is 1. The van der Waals surface area contributed by atoms with E-state index in [0.29, 0.717) is 11.6 Å². The van der Waals surface area contributed by atoms with Gasteiger partial charge in [-0.05, 0) is 68.3 Å². The highest BCUT2D eigenvalue weighted by atomic mass is 16.1. The Hall–Kier alpha value is -2.27. The molecule has 1 amide bonds. The molecule has 0 unspecified atom stereocenters. The number of rotatable bonds is 6. The maximum absolute atomic E-state index is 12.7. The minimum absolute atomic E-state index is 0.0762. The normalized spacial score (nSPS) is 21.9. The lowest BCUT2D eigenvalue weighted by molar-refractivity contribution is 0.0872. The third kappa shape index (κ3) is 4.28. The van der Waals surface area contributed by atoms with Crippen LogP contribution in [-0.2, 0) is 0 Å². The van der Waals surface area contributed by atoms with Gasteiger partial charge in [0.25, 0.3) is 5.91 Å². The highest BCUT2D eigenvalue weighted by Crippen LogP contribution is 2.34. The fourth-order valence-corrected chi connectivity index (χ4v) is 3.90. The van der Waals surface area contributed by atoms with Gasteiger partial charge in [0.15, 0.2) is 0 Å². The number of nitrogens with one attached hydrogen (secondary N) is 1. The molecule has 0 radical (unpaired) electrons. The highest BCUT2D eigenvalue weighted by molar-refractivity contribution is 5.92. The fourth-order valence-electron chi connectivity index (χ4n) is 3.90. The summed E-state index contributed by atoms with van der Waals surface area (Å²) in [6.07, 6.45) is 8.51. The smallest absolute Gasteiger partial charge is 0.270 e. The standard InChI is InChI=1S/C21H26N4O/c26-21(19-8-2-4-12-23-19)24-20(18-7-1-3-11-22-18)17-6-5-13-25(15-17)14-16-9-10-16/h1-4,7-8,11-12,16-17,20H,5-6,9-10,13-15H2,(H,24,26)/t17-,20+/m1/s1. The number of hydrogen-bond donors (Lipinski definition) is 1. The molecule has 1 aliphatic carbocycles. The van der Waals surface area contributed by atoms with E-state index in [1.807, 2.05) is 30.3 Å². The zero-order valence-corrected chi connectivity index (χ0v) is 15.1. The molecule has 5 heteroatoms. The molecule has 3 heterocycles. The lowest BCUT2D eigenvalue weighted by atomic mass is 9.88. The number of piperidine rings is 1. The van der Waals surface area contributed by atoms with Crippen molar-refractivity contribution in [2.45, 2.75) is 31.7 Å². The van der Waals surface area contributed by atoms with Gasteiger partial charge in [-0.3, -0.25) is 14.8 Å². The Morgan fingerprint density at radius 2 is 1.92 bits per heavy atom. The van der Waals surface area contributed by atoms with Crippen molar-refractivity contribution < 1.29 is 4.79 Å². The van der Waals surface area contributed by atoms with E-state index in [2.05, 4.69) is 20.2 Å². The van der Waals surface area contributed by atoms with Gasteiger partial charge in [0.1, 0.15) is 5.69 Å². The second kappa shape index (κ2) is 7.96. The summed E-state index contributed by atoms with van der Waals surface area (Å²) in [5.41, 5.74) is 1.40. The lowest BCUT2D eigenvalue weighted by Crippen LogP contribution is -2.44. The number of nitrogens with zero attached hydrogens (tertiary/aromatic N) is 3. The molecule has 2 fully saturated rings. The molecule has 2 aromatic rings. The monoisotopic (exact) mass is 350 g/mol. The maximum atomic E-state index is 12.7. The van der Waals surface area contributed by atoms with Gasteiger partial charge in [0, 0.05) is 25.5 Å². The van der Waals surface area contributed by atoms with Crippen molar-refractivity contribution in [3.63, 3.8) is 0 Å². The molecule has 4 rings (SSSR count). The molecule has 1 saturated heterocycles. The molecule has 2 aliphatic rings. The molecule has 5 nitrogen and oxygen atoms in total. The van der Waals surface area contributed by atoms with E-state index in [-0.39, 0.29) is 11.9 Å². The SMILES string of the molecule is O=C(N[C@H](c1ccccn1)[C@@H]1CCCN(CC2CC2)C1)c1ccccn1. The summed E-state index contributed by atoms with van der Waals surface area (Å²) in [7, 11) is 0. The largest absolute Gasteiger partial charge is 0.342 e. The first kappa shape index (κ1) is 17.2. The van der Waals surface area contributed by atoms with Crippen molar-refractivity contribution in [3.05, 3.63) is 60.2 Å². The molecule has 0 spiro atoms. The summed E-state index contributed by atoms with van der Waals surface area (Å²) < 4.78 is 0. The zero-order chi connectivity index (χ0) is 17.8. The summed E-state index contributed by atoms with van der Waals surface area (Å²) in [6, 6.07) is 11.3. The Morgan fingerprint density at radius 3 is 2.62 bits per heavy atom. The second-order valence-corrected chi connectivity index (χ2v) is 7.53. The van der Waals surface area contributed by atoms with Crippen molar-refractivity contribution >= 4 is 5.91 Å². The summed E-state index contributed by atoms with van der Waals surface area (Å²) in [6.45, 7) is 3.41. The van der Waals surface area contributed by atoms with Gasteiger partial charge < -0.3 is 10.2 Å². The van der Waals surface area contributed by atoms with Crippen molar-refractivity contribution in [2.75, 3.05) is 19.6 Å². The molecule has 0 bridgehead atoms. The molecule has 26 heavy (non-hydrogen) atoms. The Morgan fingerprint density at radius 1 is 1.12 bits per heavy atom. The van der Waals surface area contributed by atoms with Crippen LogP contribution in [-0.4, -0.2) is 40.4 Å². The maximum Gasteiger partial charge on any atom is 0.270 e. The minimum atomic E-state index is -0.124. The Kier molecular flexibility index (Phi) is 5.25. The summed E-state index contributed by atoms with van der Waals surface area (Å²) in [5, 5.41) is 3.22. The molecule has 1 N–H and O–H groups in total. The van der Waals surface area contributed by atoms with E-state index < -0.39 is 0 Å². The minimum Gasteiger partial charge on any atom is -0.342 e. The first-order valence-electron chi connectivity index (χ1n) is 9.65. The Labute approximate surface area is 154 Å². The van der Waals surface area contributed by atoms with Crippen LogP contribution in [0.25, 0.3) is 0 Å². The molecular formula is C21H26N4O. The van der Waals surface area contributed by atoms with Crippen molar-refractivity contribution in [3.8, 4) is 0 Å². The second-order valence-electron chi connectivity index (χ2n) is 7.53. The predicted octanol–water partition coefficient (Wildman–Crippen LogP) is 3.07. The number of pyridine rings is 2. The van der Waals surface area contributed by atoms with Crippen LogP contribution < -0.4 is 5.32 Å². The van der Waals surface area contributed by atoms with E-state index in [1.165, 1.54) is 32.4 Å². The third-order valence-corrected chi connectivity index (χ3v) is 5.42. The molecule has 2 atom stereocenters. The van der Waals surface area contributed by atoms with Crippen LogP contribution in [0.5, 0.6) is 0 Å². The van der Waals surface area contributed by atoms with Crippen LogP contribution >= 0.6 is 0 Å². The molecule has 1 saturated carbocycles. The van der Waals surface area contributed by atoms with Crippen LogP contribution in [0, 0.1) is 11.8 Å². The first-order valence-corrected chi connectivity index (χ1v) is 9.65. The third-order valence-electron chi connectivity index (χ3n) is 5.42. The van der Waals surface area contributed by atoms with E-state index in [9.17, 15) is 4.79 Å². The fraction of sp³-hybridized carbons (Fsp3) is 0.476. The van der Waals surface area contributed by atoms with Crippen LogP contribution in [0.3, 0.4) is 0 Å². The Bertz CT molecular complexity index is 717. The van der Waals surface area contributed by atoms with E-state index in [4.69, 9.17) is 0 Å². The topological polar surface area (TPSA) is 58.1 Å². The van der Waals surface area contributed by atoms with Gasteiger partial charge in [-0.25, -0.2) is 0 Å². The van der Waals surface area contributed by atoms with Crippen LogP contribution in [0.4, 0.5) is 0 Å². The number of hydrogen-bond acceptors (Lipinski definition) is 4.